The van der Waals surface area contributed by atoms with Crippen LogP contribution in [0.2, 0.25) is 0 Å². The Morgan fingerprint density at radius 3 is 2.93 bits per heavy atom. The summed E-state index contributed by atoms with van der Waals surface area (Å²) in [5.41, 5.74) is 7.03. The van der Waals surface area contributed by atoms with Crippen LogP contribution in [0.4, 0.5) is 5.69 Å². The Balaban J connectivity index is 2.55. The van der Waals surface area contributed by atoms with Gasteiger partial charge in [0.25, 0.3) is 0 Å². The Bertz CT molecular complexity index is 388. The third-order valence-electron chi connectivity index (χ3n) is 1.58. The SMILES string of the molecule is Nc1cccc(C#CCCC(=O)O)c1. The number of benzene rings is 1. The smallest absolute Gasteiger partial charge is 0.304 e. The minimum Gasteiger partial charge on any atom is -0.481 e. The molecule has 0 saturated carbocycles. The molecule has 0 bridgehead atoms. The van der Waals surface area contributed by atoms with E-state index < -0.39 is 5.97 Å². The zero-order valence-corrected chi connectivity index (χ0v) is 7.66. The van der Waals surface area contributed by atoms with Crippen LogP contribution in [0, 0.1) is 11.8 Å². The summed E-state index contributed by atoms with van der Waals surface area (Å²) >= 11 is 0. The lowest BCUT2D eigenvalue weighted by Gasteiger charge is -1.92. The van der Waals surface area contributed by atoms with Gasteiger partial charge in [0.15, 0.2) is 0 Å². The van der Waals surface area contributed by atoms with Crippen molar-refractivity contribution >= 4 is 11.7 Å². The van der Waals surface area contributed by atoms with Crippen molar-refractivity contribution in [1.29, 1.82) is 0 Å². The minimum atomic E-state index is -0.827. The zero-order chi connectivity index (χ0) is 10.4. The molecule has 3 heteroatoms. The molecule has 0 saturated heterocycles. The summed E-state index contributed by atoms with van der Waals surface area (Å²) in [5.74, 6) is 4.79. The normalized spacial score (nSPS) is 8.86. The van der Waals surface area contributed by atoms with Crippen LogP contribution in [-0.4, -0.2) is 11.1 Å². The maximum atomic E-state index is 10.2. The molecule has 0 spiro atoms. The molecular weight excluding hydrogens is 178 g/mol. The Hall–Kier alpha value is -1.95. The van der Waals surface area contributed by atoms with Crippen LogP contribution < -0.4 is 5.73 Å². The van der Waals surface area contributed by atoms with Crippen molar-refractivity contribution in [2.24, 2.45) is 0 Å². The first-order valence-corrected chi connectivity index (χ1v) is 4.24. The van der Waals surface area contributed by atoms with Gasteiger partial charge in [0.2, 0.25) is 0 Å². The second-order valence-electron chi connectivity index (χ2n) is 2.82. The molecule has 0 aliphatic carbocycles. The third kappa shape index (κ3) is 3.63. The van der Waals surface area contributed by atoms with E-state index in [1.165, 1.54) is 0 Å². The van der Waals surface area contributed by atoms with Gasteiger partial charge in [-0.2, -0.15) is 0 Å². The van der Waals surface area contributed by atoms with Gasteiger partial charge in [0.05, 0.1) is 6.42 Å². The molecule has 0 aliphatic heterocycles. The Morgan fingerprint density at radius 1 is 1.50 bits per heavy atom. The van der Waals surface area contributed by atoms with Gasteiger partial charge < -0.3 is 10.8 Å². The number of carbonyl (C=O) groups is 1. The lowest BCUT2D eigenvalue weighted by Crippen LogP contribution is -1.91. The van der Waals surface area contributed by atoms with Crippen molar-refractivity contribution in [3.8, 4) is 11.8 Å². The lowest BCUT2D eigenvalue weighted by atomic mass is 10.2. The van der Waals surface area contributed by atoms with Crippen LogP contribution in [0.15, 0.2) is 24.3 Å². The van der Waals surface area contributed by atoms with Gasteiger partial charge in [-0.3, -0.25) is 4.79 Å². The molecule has 14 heavy (non-hydrogen) atoms. The maximum Gasteiger partial charge on any atom is 0.304 e. The summed E-state index contributed by atoms with van der Waals surface area (Å²) in [5, 5.41) is 8.37. The maximum absolute atomic E-state index is 10.2. The van der Waals surface area contributed by atoms with E-state index in [9.17, 15) is 4.79 Å². The van der Waals surface area contributed by atoms with Crippen molar-refractivity contribution in [1.82, 2.24) is 0 Å². The van der Waals surface area contributed by atoms with Crippen molar-refractivity contribution < 1.29 is 9.90 Å². The minimum absolute atomic E-state index is 0.0787. The fourth-order valence-electron chi connectivity index (χ4n) is 0.950. The van der Waals surface area contributed by atoms with Gasteiger partial charge >= 0.3 is 5.97 Å². The van der Waals surface area contributed by atoms with Crippen LogP contribution in [0.3, 0.4) is 0 Å². The third-order valence-corrected chi connectivity index (χ3v) is 1.58. The van der Waals surface area contributed by atoms with Gasteiger partial charge in [-0.1, -0.05) is 17.9 Å². The number of rotatable bonds is 2. The number of nitrogens with two attached hydrogens (primary N) is 1. The monoisotopic (exact) mass is 189 g/mol. The predicted molar refractivity (Wildman–Crippen MR) is 54.6 cm³/mol. The predicted octanol–water partition coefficient (Wildman–Crippen LogP) is 1.49. The van der Waals surface area contributed by atoms with E-state index >= 15 is 0 Å². The topological polar surface area (TPSA) is 63.3 Å². The number of aliphatic carboxylic acids is 1. The lowest BCUT2D eigenvalue weighted by molar-refractivity contribution is -0.136. The highest BCUT2D eigenvalue weighted by Gasteiger charge is 1.92. The summed E-state index contributed by atoms with van der Waals surface area (Å²) in [6, 6.07) is 7.19. The number of carboxylic acids is 1. The Kier molecular flexibility index (Phi) is 3.57. The molecule has 1 rings (SSSR count). The molecule has 0 aromatic heterocycles. The van der Waals surface area contributed by atoms with E-state index in [-0.39, 0.29) is 6.42 Å². The fraction of sp³-hybridized carbons (Fsp3) is 0.182. The van der Waals surface area contributed by atoms with Gasteiger partial charge in [-0.05, 0) is 18.2 Å². The highest BCUT2D eigenvalue weighted by atomic mass is 16.4. The second-order valence-corrected chi connectivity index (χ2v) is 2.82. The molecule has 72 valence electrons. The van der Waals surface area contributed by atoms with E-state index in [1.54, 1.807) is 12.1 Å². The first-order valence-electron chi connectivity index (χ1n) is 4.24. The van der Waals surface area contributed by atoms with Crippen molar-refractivity contribution in [3.05, 3.63) is 29.8 Å². The van der Waals surface area contributed by atoms with E-state index in [4.69, 9.17) is 10.8 Å². The number of anilines is 1. The molecule has 0 unspecified atom stereocenters. The molecule has 1 aromatic carbocycles. The fourth-order valence-corrected chi connectivity index (χ4v) is 0.950. The average molecular weight is 189 g/mol. The summed E-state index contributed by atoms with van der Waals surface area (Å²) in [4.78, 5) is 10.2. The standard InChI is InChI=1S/C11H11NO2/c12-10-6-3-5-9(8-10)4-1-2-7-11(13)14/h3,5-6,8H,2,7,12H2,(H,13,14). The highest BCUT2D eigenvalue weighted by Crippen LogP contribution is 2.04. The van der Waals surface area contributed by atoms with E-state index in [0.29, 0.717) is 12.1 Å². The first kappa shape index (κ1) is 10.1. The molecule has 0 atom stereocenters. The van der Waals surface area contributed by atoms with Crippen molar-refractivity contribution in [3.63, 3.8) is 0 Å². The molecule has 0 heterocycles. The summed E-state index contributed by atoms with van der Waals surface area (Å²) < 4.78 is 0. The number of hydrogen-bond donors (Lipinski definition) is 2. The quantitative estimate of drug-likeness (QED) is 0.547. The molecular formula is C11H11NO2. The van der Waals surface area contributed by atoms with Crippen molar-refractivity contribution in [2.75, 3.05) is 5.73 Å². The highest BCUT2D eigenvalue weighted by molar-refractivity contribution is 5.67. The van der Waals surface area contributed by atoms with Crippen LogP contribution in [0.5, 0.6) is 0 Å². The second kappa shape index (κ2) is 4.93. The number of carboxylic acid groups (broad SMARTS) is 1. The van der Waals surface area contributed by atoms with Crippen LogP contribution >= 0.6 is 0 Å². The van der Waals surface area contributed by atoms with E-state index in [1.807, 2.05) is 12.1 Å². The summed E-state index contributed by atoms with van der Waals surface area (Å²) in [6.45, 7) is 0. The molecule has 0 amide bonds. The van der Waals surface area contributed by atoms with E-state index in [0.717, 1.165) is 5.56 Å². The van der Waals surface area contributed by atoms with Gasteiger partial charge in [-0.15, -0.1) is 0 Å². The molecule has 3 N–H and O–H groups in total. The van der Waals surface area contributed by atoms with Crippen LogP contribution in [0.1, 0.15) is 18.4 Å². The average Bonchev–Trinajstić information content (AvgIpc) is 2.12. The molecule has 0 fully saturated rings. The largest absolute Gasteiger partial charge is 0.481 e. The molecule has 0 aliphatic rings. The first-order chi connectivity index (χ1) is 6.68. The van der Waals surface area contributed by atoms with Gasteiger partial charge in [0, 0.05) is 17.7 Å². The summed E-state index contributed by atoms with van der Waals surface area (Å²) in [7, 11) is 0. The Morgan fingerprint density at radius 2 is 2.29 bits per heavy atom. The molecule has 1 aromatic rings. The Labute approximate surface area is 82.6 Å². The van der Waals surface area contributed by atoms with E-state index in [2.05, 4.69) is 11.8 Å². The zero-order valence-electron chi connectivity index (χ0n) is 7.66. The summed E-state index contributed by atoms with van der Waals surface area (Å²) in [6.07, 6.45) is 0.444. The number of nitrogen functional groups attached to an aromatic ring is 1. The van der Waals surface area contributed by atoms with Gasteiger partial charge in [0.1, 0.15) is 0 Å². The van der Waals surface area contributed by atoms with Crippen molar-refractivity contribution in [2.45, 2.75) is 12.8 Å². The number of hydrogen-bond acceptors (Lipinski definition) is 2. The van der Waals surface area contributed by atoms with Crippen LogP contribution in [-0.2, 0) is 4.79 Å². The van der Waals surface area contributed by atoms with Gasteiger partial charge in [-0.25, -0.2) is 0 Å². The van der Waals surface area contributed by atoms with Crippen LogP contribution in [0.25, 0.3) is 0 Å². The molecule has 3 nitrogen and oxygen atoms in total. The molecule has 0 radical (unpaired) electrons.